The van der Waals surface area contributed by atoms with Gasteiger partial charge in [0.25, 0.3) is 5.91 Å². The third kappa shape index (κ3) is 3.62. The first-order valence-electron chi connectivity index (χ1n) is 10.1. The Bertz CT molecular complexity index is 1040. The van der Waals surface area contributed by atoms with Gasteiger partial charge in [-0.3, -0.25) is 4.79 Å². The van der Waals surface area contributed by atoms with Crippen LogP contribution >= 0.6 is 0 Å². The molecule has 0 spiro atoms. The molecule has 29 heavy (non-hydrogen) atoms. The van der Waals surface area contributed by atoms with Gasteiger partial charge in [0.05, 0.1) is 28.5 Å². The Morgan fingerprint density at radius 1 is 1.31 bits per heavy atom. The standard InChI is InChI=1S/C22H26FN5O/c1-14(2)27(3)22(29)17-10-16(23)4-5-19(17)28-12-18(15-6-8-24-9-7-15)21-20(28)11-25-13-26-21/h4-5,10-15,24H,6-9H2,1-3H3. The highest BCUT2D eigenvalue weighted by Gasteiger charge is 2.25. The molecule has 1 aliphatic heterocycles. The number of amides is 1. The van der Waals surface area contributed by atoms with Gasteiger partial charge in [-0.1, -0.05) is 0 Å². The van der Waals surface area contributed by atoms with E-state index in [1.165, 1.54) is 12.1 Å². The summed E-state index contributed by atoms with van der Waals surface area (Å²) in [6.45, 7) is 5.82. The topological polar surface area (TPSA) is 63.1 Å². The summed E-state index contributed by atoms with van der Waals surface area (Å²) < 4.78 is 16.0. The van der Waals surface area contributed by atoms with E-state index in [0.717, 1.165) is 42.5 Å². The van der Waals surface area contributed by atoms with Crippen LogP contribution in [0.5, 0.6) is 0 Å². The Morgan fingerprint density at radius 2 is 2.07 bits per heavy atom. The van der Waals surface area contributed by atoms with Crippen LogP contribution in [-0.2, 0) is 0 Å². The first-order chi connectivity index (χ1) is 14.0. The fourth-order valence-corrected chi connectivity index (χ4v) is 3.94. The molecule has 0 atom stereocenters. The summed E-state index contributed by atoms with van der Waals surface area (Å²) in [6.07, 6.45) is 7.44. The lowest BCUT2D eigenvalue weighted by Crippen LogP contribution is -2.33. The number of carbonyl (C=O) groups excluding carboxylic acids is 1. The molecule has 6 nitrogen and oxygen atoms in total. The minimum atomic E-state index is -0.430. The summed E-state index contributed by atoms with van der Waals surface area (Å²) in [6, 6.07) is 4.38. The van der Waals surface area contributed by atoms with Crippen molar-refractivity contribution in [1.29, 1.82) is 0 Å². The molecule has 0 radical (unpaired) electrons. The molecule has 2 aromatic heterocycles. The van der Waals surface area contributed by atoms with Crippen LogP contribution in [0.15, 0.2) is 36.9 Å². The second-order valence-electron chi connectivity index (χ2n) is 7.91. The molecule has 0 aliphatic carbocycles. The van der Waals surface area contributed by atoms with Crippen LogP contribution in [0.2, 0.25) is 0 Å². The number of hydrogen-bond donors (Lipinski definition) is 1. The van der Waals surface area contributed by atoms with E-state index in [-0.39, 0.29) is 11.9 Å². The number of rotatable bonds is 4. The Morgan fingerprint density at radius 3 is 2.79 bits per heavy atom. The van der Waals surface area contributed by atoms with E-state index in [1.54, 1.807) is 30.5 Å². The van der Waals surface area contributed by atoms with Gasteiger partial charge >= 0.3 is 0 Å². The molecule has 4 rings (SSSR count). The van der Waals surface area contributed by atoms with Crippen molar-refractivity contribution < 1.29 is 9.18 Å². The number of carbonyl (C=O) groups is 1. The number of nitrogens with one attached hydrogen (secondary N) is 1. The second-order valence-corrected chi connectivity index (χ2v) is 7.91. The number of nitrogens with zero attached hydrogens (tertiary/aromatic N) is 4. The lowest BCUT2D eigenvalue weighted by molar-refractivity contribution is 0.0754. The van der Waals surface area contributed by atoms with Gasteiger partial charge in [-0.25, -0.2) is 14.4 Å². The molecule has 1 amide bonds. The number of fused-ring (bicyclic) bond motifs is 1. The predicted molar refractivity (Wildman–Crippen MR) is 111 cm³/mol. The summed E-state index contributed by atoms with van der Waals surface area (Å²) in [5.41, 5.74) is 3.85. The highest BCUT2D eigenvalue weighted by Crippen LogP contribution is 2.34. The zero-order valence-corrected chi connectivity index (χ0v) is 17.0. The molecule has 3 aromatic rings. The Balaban J connectivity index is 1.88. The lowest BCUT2D eigenvalue weighted by Gasteiger charge is -2.23. The number of aromatic nitrogens is 3. The number of benzene rings is 1. The third-order valence-corrected chi connectivity index (χ3v) is 5.82. The molecule has 152 valence electrons. The highest BCUT2D eigenvalue weighted by atomic mass is 19.1. The van der Waals surface area contributed by atoms with Gasteiger partial charge in [0.2, 0.25) is 0 Å². The van der Waals surface area contributed by atoms with Gasteiger partial charge < -0.3 is 14.8 Å². The molecule has 1 aromatic carbocycles. The van der Waals surface area contributed by atoms with Gasteiger partial charge in [-0.2, -0.15) is 0 Å². The summed E-state index contributed by atoms with van der Waals surface area (Å²) in [4.78, 5) is 23.4. The maximum Gasteiger partial charge on any atom is 0.256 e. The second kappa shape index (κ2) is 7.91. The molecule has 1 saturated heterocycles. The molecular weight excluding hydrogens is 369 g/mol. The Labute approximate surface area is 169 Å². The molecule has 0 bridgehead atoms. The van der Waals surface area contributed by atoms with Crippen LogP contribution in [0.25, 0.3) is 16.7 Å². The molecule has 7 heteroatoms. The fraction of sp³-hybridized carbons (Fsp3) is 0.409. The van der Waals surface area contributed by atoms with Crippen LogP contribution in [0.4, 0.5) is 4.39 Å². The molecule has 1 fully saturated rings. The van der Waals surface area contributed by atoms with E-state index in [9.17, 15) is 9.18 Å². The molecule has 1 N–H and O–H groups in total. The first kappa shape index (κ1) is 19.5. The maximum atomic E-state index is 14.1. The summed E-state index contributed by atoms with van der Waals surface area (Å²) >= 11 is 0. The van der Waals surface area contributed by atoms with E-state index in [4.69, 9.17) is 0 Å². The van der Waals surface area contributed by atoms with Crippen molar-refractivity contribution in [1.82, 2.24) is 24.8 Å². The minimum absolute atomic E-state index is 0.00802. The number of hydrogen-bond acceptors (Lipinski definition) is 4. The molecule has 3 heterocycles. The van der Waals surface area contributed by atoms with Gasteiger partial charge in [-0.15, -0.1) is 0 Å². The van der Waals surface area contributed by atoms with Crippen molar-refractivity contribution in [2.45, 2.75) is 38.6 Å². The van der Waals surface area contributed by atoms with Crippen molar-refractivity contribution in [3.63, 3.8) is 0 Å². The van der Waals surface area contributed by atoms with Crippen LogP contribution < -0.4 is 5.32 Å². The predicted octanol–water partition coefficient (Wildman–Crippen LogP) is 3.51. The minimum Gasteiger partial charge on any atom is -0.339 e. The Kier molecular flexibility index (Phi) is 5.32. The smallest absolute Gasteiger partial charge is 0.256 e. The van der Waals surface area contributed by atoms with Crippen molar-refractivity contribution in [2.75, 3.05) is 20.1 Å². The summed E-state index contributed by atoms with van der Waals surface area (Å²) in [5, 5.41) is 3.39. The lowest BCUT2D eigenvalue weighted by atomic mass is 9.91. The van der Waals surface area contributed by atoms with E-state index >= 15 is 0 Å². The molecule has 0 unspecified atom stereocenters. The van der Waals surface area contributed by atoms with Crippen LogP contribution in [0.3, 0.4) is 0 Å². The molecule has 0 saturated carbocycles. The van der Waals surface area contributed by atoms with E-state index in [2.05, 4.69) is 21.5 Å². The third-order valence-electron chi connectivity index (χ3n) is 5.82. The van der Waals surface area contributed by atoms with Crippen LogP contribution in [-0.4, -0.2) is 51.5 Å². The Hall–Kier alpha value is -2.80. The van der Waals surface area contributed by atoms with Crippen molar-refractivity contribution in [2.24, 2.45) is 0 Å². The van der Waals surface area contributed by atoms with Gasteiger partial charge in [-0.05, 0) is 69.5 Å². The largest absolute Gasteiger partial charge is 0.339 e. The maximum absolute atomic E-state index is 14.1. The van der Waals surface area contributed by atoms with Crippen molar-refractivity contribution in [3.8, 4) is 5.69 Å². The number of piperidine rings is 1. The SMILES string of the molecule is CC(C)N(C)C(=O)c1cc(F)ccc1-n1cc(C2CCNCC2)c2ncncc21. The van der Waals surface area contributed by atoms with Crippen molar-refractivity contribution in [3.05, 3.63) is 53.9 Å². The van der Waals surface area contributed by atoms with Gasteiger partial charge in [0, 0.05) is 19.3 Å². The van der Waals surface area contributed by atoms with E-state index in [1.807, 2.05) is 18.4 Å². The van der Waals surface area contributed by atoms with Crippen LogP contribution in [0.1, 0.15) is 48.5 Å². The van der Waals surface area contributed by atoms with Crippen LogP contribution in [0, 0.1) is 5.82 Å². The average Bonchev–Trinajstić information content (AvgIpc) is 3.13. The molecular formula is C22H26FN5O. The molecule has 1 aliphatic rings. The summed E-state index contributed by atoms with van der Waals surface area (Å²) in [7, 11) is 1.74. The average molecular weight is 395 g/mol. The van der Waals surface area contributed by atoms with E-state index < -0.39 is 5.82 Å². The van der Waals surface area contributed by atoms with Gasteiger partial charge in [0.1, 0.15) is 12.1 Å². The highest BCUT2D eigenvalue weighted by molar-refractivity contribution is 5.98. The normalized spacial score (nSPS) is 15.2. The van der Waals surface area contributed by atoms with Crippen molar-refractivity contribution >= 4 is 16.9 Å². The fourth-order valence-electron chi connectivity index (χ4n) is 3.94. The first-order valence-corrected chi connectivity index (χ1v) is 10.1. The van der Waals surface area contributed by atoms with Gasteiger partial charge in [0.15, 0.2) is 0 Å². The zero-order valence-electron chi connectivity index (χ0n) is 17.0. The monoisotopic (exact) mass is 395 g/mol. The summed E-state index contributed by atoms with van der Waals surface area (Å²) in [5.74, 6) is -0.245. The quantitative estimate of drug-likeness (QED) is 0.734. The zero-order chi connectivity index (χ0) is 20.5. The number of halogens is 1. The van der Waals surface area contributed by atoms with E-state index in [0.29, 0.717) is 17.2 Å².